The van der Waals surface area contributed by atoms with Gasteiger partial charge >= 0.3 is 5.97 Å². The second-order valence-electron chi connectivity index (χ2n) is 5.80. The van der Waals surface area contributed by atoms with Gasteiger partial charge in [-0.3, -0.25) is 14.9 Å². The van der Waals surface area contributed by atoms with E-state index in [1.807, 2.05) is 0 Å². The fraction of sp³-hybridized carbons (Fsp3) is 0.263. The summed E-state index contributed by atoms with van der Waals surface area (Å²) in [5.74, 6) is -0.603. The molecule has 29 heavy (non-hydrogen) atoms. The van der Waals surface area contributed by atoms with E-state index in [2.05, 4.69) is 5.32 Å². The van der Waals surface area contributed by atoms with Crippen molar-refractivity contribution in [2.75, 3.05) is 33.3 Å². The highest BCUT2D eigenvalue weighted by molar-refractivity contribution is 5.96. The molecule has 0 radical (unpaired) electrons. The summed E-state index contributed by atoms with van der Waals surface area (Å²) in [5, 5.41) is 13.4. The quantitative estimate of drug-likeness (QED) is 0.404. The van der Waals surface area contributed by atoms with E-state index in [1.54, 1.807) is 6.92 Å². The van der Waals surface area contributed by atoms with Crippen molar-refractivity contribution < 1.29 is 33.5 Å². The highest BCUT2D eigenvalue weighted by Crippen LogP contribution is 2.38. The molecule has 154 valence electrons. The van der Waals surface area contributed by atoms with Crippen LogP contribution in [0.25, 0.3) is 0 Å². The molecular formula is C19H20N2O8. The maximum atomic E-state index is 12.3. The van der Waals surface area contributed by atoms with Gasteiger partial charge in [-0.2, -0.15) is 0 Å². The fourth-order valence-corrected chi connectivity index (χ4v) is 2.49. The van der Waals surface area contributed by atoms with Gasteiger partial charge in [0.25, 0.3) is 11.6 Å². The van der Waals surface area contributed by atoms with Crippen LogP contribution in [0.5, 0.6) is 17.2 Å². The minimum Gasteiger partial charge on any atom is -0.493 e. The first kappa shape index (κ1) is 21.5. The summed E-state index contributed by atoms with van der Waals surface area (Å²) in [5.41, 5.74) is 0.647. The SMILES string of the molecule is COc1cc(C(=O)OCC(=O)Nc2ccc(C)c([N+](=O)[O-])c2)cc(OC)c1OC. The summed E-state index contributed by atoms with van der Waals surface area (Å²) in [4.78, 5) is 34.7. The predicted octanol–water partition coefficient (Wildman–Crippen LogP) is 2.72. The molecule has 0 spiro atoms. The Morgan fingerprint density at radius 2 is 1.66 bits per heavy atom. The lowest BCUT2D eigenvalue weighted by Gasteiger charge is -2.13. The van der Waals surface area contributed by atoms with Crippen molar-refractivity contribution in [1.82, 2.24) is 0 Å². The Morgan fingerprint density at radius 1 is 1.03 bits per heavy atom. The maximum absolute atomic E-state index is 12.3. The van der Waals surface area contributed by atoms with E-state index in [1.165, 1.54) is 51.7 Å². The van der Waals surface area contributed by atoms with Crippen molar-refractivity contribution in [3.8, 4) is 17.2 Å². The first-order valence-electron chi connectivity index (χ1n) is 8.32. The number of rotatable bonds is 8. The zero-order chi connectivity index (χ0) is 21.6. The summed E-state index contributed by atoms with van der Waals surface area (Å²) in [6.07, 6.45) is 0. The summed E-state index contributed by atoms with van der Waals surface area (Å²) >= 11 is 0. The van der Waals surface area contributed by atoms with Crippen molar-refractivity contribution >= 4 is 23.3 Å². The number of nitrogens with one attached hydrogen (secondary N) is 1. The Labute approximate surface area is 166 Å². The average molecular weight is 404 g/mol. The number of carbonyl (C=O) groups excluding carboxylic acids is 2. The Kier molecular flexibility index (Phi) is 6.96. The van der Waals surface area contributed by atoms with E-state index >= 15 is 0 Å². The molecule has 0 bridgehead atoms. The number of amides is 1. The van der Waals surface area contributed by atoms with Crippen LogP contribution in [0.15, 0.2) is 30.3 Å². The third-order valence-corrected chi connectivity index (χ3v) is 3.92. The summed E-state index contributed by atoms with van der Waals surface area (Å²) < 4.78 is 20.5. The van der Waals surface area contributed by atoms with Gasteiger partial charge in [-0.1, -0.05) is 6.07 Å². The molecule has 0 aromatic heterocycles. The zero-order valence-corrected chi connectivity index (χ0v) is 16.3. The van der Waals surface area contributed by atoms with E-state index < -0.39 is 23.4 Å². The molecule has 2 rings (SSSR count). The molecule has 0 saturated carbocycles. The van der Waals surface area contributed by atoms with Crippen molar-refractivity contribution in [1.29, 1.82) is 0 Å². The Bertz CT molecular complexity index is 917. The van der Waals surface area contributed by atoms with Crippen LogP contribution in [0.3, 0.4) is 0 Å². The lowest BCUT2D eigenvalue weighted by atomic mass is 10.2. The molecule has 0 aliphatic rings. The lowest BCUT2D eigenvalue weighted by Crippen LogP contribution is -2.21. The maximum Gasteiger partial charge on any atom is 0.338 e. The van der Waals surface area contributed by atoms with E-state index in [9.17, 15) is 19.7 Å². The second-order valence-corrected chi connectivity index (χ2v) is 5.80. The largest absolute Gasteiger partial charge is 0.493 e. The molecule has 0 heterocycles. The summed E-state index contributed by atoms with van der Waals surface area (Å²) in [6.45, 7) is 1.00. The van der Waals surface area contributed by atoms with Gasteiger partial charge in [-0.15, -0.1) is 0 Å². The molecule has 0 aliphatic carbocycles. The highest BCUT2D eigenvalue weighted by atomic mass is 16.6. The number of nitro benzene ring substituents is 1. The van der Waals surface area contributed by atoms with Crippen molar-refractivity contribution in [3.63, 3.8) is 0 Å². The topological polar surface area (TPSA) is 126 Å². The van der Waals surface area contributed by atoms with Crippen LogP contribution in [-0.4, -0.2) is 44.7 Å². The van der Waals surface area contributed by atoms with Gasteiger partial charge in [0.2, 0.25) is 5.75 Å². The molecule has 0 atom stereocenters. The van der Waals surface area contributed by atoms with E-state index in [-0.39, 0.29) is 28.4 Å². The number of methoxy groups -OCH3 is 3. The molecule has 10 nitrogen and oxygen atoms in total. The minimum atomic E-state index is -0.783. The Morgan fingerprint density at radius 3 is 2.17 bits per heavy atom. The number of ether oxygens (including phenoxy) is 4. The number of esters is 1. The number of carbonyl (C=O) groups is 2. The molecule has 2 aromatic rings. The van der Waals surface area contributed by atoms with Crippen LogP contribution in [0.4, 0.5) is 11.4 Å². The Balaban J connectivity index is 2.06. The molecule has 0 aliphatic heterocycles. The predicted molar refractivity (Wildman–Crippen MR) is 103 cm³/mol. The normalized spacial score (nSPS) is 10.1. The van der Waals surface area contributed by atoms with Gasteiger partial charge < -0.3 is 24.3 Å². The van der Waals surface area contributed by atoms with Gasteiger partial charge in [0.15, 0.2) is 18.1 Å². The fourth-order valence-electron chi connectivity index (χ4n) is 2.49. The molecule has 0 saturated heterocycles. The number of benzene rings is 2. The lowest BCUT2D eigenvalue weighted by molar-refractivity contribution is -0.385. The highest BCUT2D eigenvalue weighted by Gasteiger charge is 2.19. The van der Waals surface area contributed by atoms with Gasteiger partial charge in [-0.05, 0) is 25.1 Å². The first-order chi connectivity index (χ1) is 13.8. The van der Waals surface area contributed by atoms with Crippen LogP contribution >= 0.6 is 0 Å². The standard InChI is InChI=1S/C19H20N2O8/c1-11-5-6-13(9-14(11)21(24)25)20-17(22)10-29-19(23)12-7-15(26-2)18(28-4)16(8-12)27-3/h5-9H,10H2,1-4H3,(H,20,22). The number of anilines is 1. The number of hydrogen-bond donors (Lipinski definition) is 1. The van der Waals surface area contributed by atoms with Crippen molar-refractivity contribution in [3.05, 3.63) is 51.6 Å². The van der Waals surface area contributed by atoms with Crippen LogP contribution in [-0.2, 0) is 9.53 Å². The minimum absolute atomic E-state index is 0.0956. The van der Waals surface area contributed by atoms with E-state index in [0.717, 1.165) is 0 Å². The average Bonchev–Trinajstić information content (AvgIpc) is 2.71. The molecule has 2 aromatic carbocycles. The van der Waals surface area contributed by atoms with Crippen LogP contribution in [0.1, 0.15) is 15.9 Å². The van der Waals surface area contributed by atoms with Crippen molar-refractivity contribution in [2.45, 2.75) is 6.92 Å². The van der Waals surface area contributed by atoms with Crippen LogP contribution in [0, 0.1) is 17.0 Å². The zero-order valence-electron chi connectivity index (χ0n) is 16.3. The monoisotopic (exact) mass is 404 g/mol. The number of hydrogen-bond acceptors (Lipinski definition) is 8. The third-order valence-electron chi connectivity index (χ3n) is 3.92. The molecule has 1 N–H and O–H groups in total. The number of nitro groups is 1. The van der Waals surface area contributed by atoms with Gasteiger partial charge in [-0.25, -0.2) is 4.79 Å². The molecule has 1 amide bonds. The van der Waals surface area contributed by atoms with Crippen molar-refractivity contribution in [2.24, 2.45) is 0 Å². The number of nitrogens with zero attached hydrogens (tertiary/aromatic N) is 1. The van der Waals surface area contributed by atoms with Crippen LogP contribution in [0.2, 0.25) is 0 Å². The van der Waals surface area contributed by atoms with Gasteiger partial charge in [0.05, 0.1) is 31.8 Å². The summed E-state index contributed by atoms with van der Waals surface area (Å²) in [7, 11) is 4.24. The smallest absolute Gasteiger partial charge is 0.338 e. The van der Waals surface area contributed by atoms with E-state index in [0.29, 0.717) is 11.3 Å². The number of aryl methyl sites for hydroxylation is 1. The molecule has 0 fully saturated rings. The van der Waals surface area contributed by atoms with Crippen LogP contribution < -0.4 is 19.5 Å². The second kappa shape index (κ2) is 9.40. The van der Waals surface area contributed by atoms with Gasteiger partial charge in [0.1, 0.15) is 0 Å². The third kappa shape index (κ3) is 5.12. The van der Waals surface area contributed by atoms with E-state index in [4.69, 9.17) is 18.9 Å². The summed E-state index contributed by atoms with van der Waals surface area (Å²) in [6, 6.07) is 7.04. The molecule has 10 heteroatoms. The molecule has 0 unspecified atom stereocenters. The van der Waals surface area contributed by atoms with Gasteiger partial charge in [0, 0.05) is 17.3 Å². The Hall–Kier alpha value is -3.82. The first-order valence-corrected chi connectivity index (χ1v) is 8.32. The molecular weight excluding hydrogens is 384 g/mol.